The van der Waals surface area contributed by atoms with E-state index in [0.717, 1.165) is 0 Å². The summed E-state index contributed by atoms with van der Waals surface area (Å²) in [6.07, 6.45) is 2.11. The zero-order valence-corrected chi connectivity index (χ0v) is 11.4. The van der Waals surface area contributed by atoms with Gasteiger partial charge < -0.3 is 15.4 Å². The van der Waals surface area contributed by atoms with Gasteiger partial charge in [-0.1, -0.05) is 0 Å². The van der Waals surface area contributed by atoms with E-state index in [1.807, 2.05) is 6.92 Å². The van der Waals surface area contributed by atoms with Crippen molar-refractivity contribution in [1.82, 2.24) is 15.3 Å². The lowest BCUT2D eigenvalue weighted by Crippen LogP contribution is -2.47. The first-order chi connectivity index (χ1) is 9.65. The molecule has 8 heteroatoms. The summed E-state index contributed by atoms with van der Waals surface area (Å²) in [7, 11) is 1.51. The number of rotatable bonds is 5. The van der Waals surface area contributed by atoms with Gasteiger partial charge in [0.05, 0.1) is 7.11 Å². The van der Waals surface area contributed by atoms with Crippen LogP contribution in [0.25, 0.3) is 0 Å². The van der Waals surface area contributed by atoms with Crippen LogP contribution < -0.4 is 20.7 Å². The van der Waals surface area contributed by atoms with E-state index in [2.05, 4.69) is 25.9 Å². The number of imide groups is 1. The summed E-state index contributed by atoms with van der Waals surface area (Å²) in [6.45, 7) is 2.63. The Balaban J connectivity index is 2.18. The summed E-state index contributed by atoms with van der Waals surface area (Å²) in [4.78, 5) is 31.0. The van der Waals surface area contributed by atoms with Crippen LogP contribution in [0, 0.1) is 0 Å². The highest BCUT2D eigenvalue weighted by atomic mass is 16.5. The molecule has 8 nitrogen and oxygen atoms in total. The Hall–Kier alpha value is -2.38. The van der Waals surface area contributed by atoms with Crippen LogP contribution in [0.4, 0.5) is 11.6 Å². The second kappa shape index (κ2) is 6.18. The maximum Gasteiger partial charge on any atom is 0.249 e. The molecular formula is C12H17N5O3. The van der Waals surface area contributed by atoms with Gasteiger partial charge in [-0.25, -0.2) is 9.97 Å². The third-order valence-corrected chi connectivity index (χ3v) is 2.90. The van der Waals surface area contributed by atoms with Crippen molar-refractivity contribution < 1.29 is 14.3 Å². The number of anilines is 2. The molecule has 0 aliphatic carbocycles. The zero-order valence-electron chi connectivity index (χ0n) is 11.4. The molecule has 1 atom stereocenters. The molecule has 0 spiro atoms. The molecule has 1 aromatic rings. The van der Waals surface area contributed by atoms with E-state index < -0.39 is 6.04 Å². The minimum atomic E-state index is -0.508. The average Bonchev–Trinajstić information content (AvgIpc) is 2.42. The van der Waals surface area contributed by atoms with Crippen molar-refractivity contribution >= 4 is 23.5 Å². The van der Waals surface area contributed by atoms with Crippen molar-refractivity contribution in [2.45, 2.75) is 25.8 Å². The highest BCUT2D eigenvalue weighted by molar-refractivity contribution is 6.01. The van der Waals surface area contributed by atoms with Crippen LogP contribution in [0.3, 0.4) is 0 Å². The number of amides is 2. The number of piperidine rings is 1. The fourth-order valence-electron chi connectivity index (χ4n) is 1.96. The fraction of sp³-hybridized carbons (Fsp3) is 0.500. The van der Waals surface area contributed by atoms with Crippen molar-refractivity contribution in [2.24, 2.45) is 0 Å². The molecule has 3 N–H and O–H groups in total. The molecule has 1 aliphatic heterocycles. The Bertz CT molecular complexity index is 520. The SMILES string of the molecule is CCNc1ncnc(NC2CCC(=O)NC2=O)c1OC. The van der Waals surface area contributed by atoms with Crippen LogP contribution >= 0.6 is 0 Å². The van der Waals surface area contributed by atoms with E-state index >= 15 is 0 Å². The Labute approximate surface area is 116 Å². The van der Waals surface area contributed by atoms with E-state index in [1.54, 1.807) is 0 Å². The summed E-state index contributed by atoms with van der Waals surface area (Å²) < 4.78 is 5.28. The number of hydrogen-bond donors (Lipinski definition) is 3. The Morgan fingerprint density at radius 1 is 1.40 bits per heavy atom. The lowest BCUT2D eigenvalue weighted by Gasteiger charge is -2.23. The van der Waals surface area contributed by atoms with Crippen molar-refractivity contribution in [3.63, 3.8) is 0 Å². The lowest BCUT2D eigenvalue weighted by atomic mass is 10.1. The second-order valence-electron chi connectivity index (χ2n) is 4.28. The summed E-state index contributed by atoms with van der Waals surface area (Å²) >= 11 is 0. The third kappa shape index (κ3) is 2.95. The highest BCUT2D eigenvalue weighted by Crippen LogP contribution is 2.29. The monoisotopic (exact) mass is 279 g/mol. The molecule has 20 heavy (non-hydrogen) atoms. The quantitative estimate of drug-likeness (QED) is 0.658. The lowest BCUT2D eigenvalue weighted by molar-refractivity contribution is -0.133. The molecule has 2 rings (SSSR count). The number of aromatic nitrogens is 2. The first kappa shape index (κ1) is 14.0. The number of carbonyl (C=O) groups excluding carboxylic acids is 2. The smallest absolute Gasteiger partial charge is 0.249 e. The Kier molecular flexibility index (Phi) is 4.34. The summed E-state index contributed by atoms with van der Waals surface area (Å²) in [6, 6.07) is -0.508. The maximum absolute atomic E-state index is 11.7. The summed E-state index contributed by atoms with van der Waals surface area (Å²) in [5, 5.41) is 8.33. The van der Waals surface area contributed by atoms with Crippen molar-refractivity contribution in [3.8, 4) is 5.75 Å². The molecule has 0 saturated carbocycles. The average molecular weight is 279 g/mol. The van der Waals surface area contributed by atoms with Gasteiger partial charge in [-0.3, -0.25) is 14.9 Å². The van der Waals surface area contributed by atoms with Gasteiger partial charge in [-0.2, -0.15) is 0 Å². The van der Waals surface area contributed by atoms with Crippen LogP contribution in [-0.2, 0) is 9.59 Å². The predicted molar refractivity (Wildman–Crippen MR) is 72.5 cm³/mol. The maximum atomic E-state index is 11.7. The predicted octanol–water partition coefficient (Wildman–Crippen LogP) is 0.134. The molecule has 0 aromatic carbocycles. The number of ether oxygens (including phenoxy) is 1. The number of carbonyl (C=O) groups is 2. The van der Waals surface area contributed by atoms with Crippen LogP contribution in [0.2, 0.25) is 0 Å². The van der Waals surface area contributed by atoms with Gasteiger partial charge in [0, 0.05) is 13.0 Å². The van der Waals surface area contributed by atoms with Crippen molar-refractivity contribution in [3.05, 3.63) is 6.33 Å². The standard InChI is InChI=1S/C12H17N5O3/c1-3-13-10-9(20-2)11(15-6-14-10)16-7-4-5-8(18)17-12(7)19/h6-7H,3-5H2,1-2H3,(H,17,18,19)(H2,13,14,15,16). The largest absolute Gasteiger partial charge is 0.490 e. The first-order valence-electron chi connectivity index (χ1n) is 6.38. The molecule has 1 saturated heterocycles. The van der Waals surface area contributed by atoms with Crippen LogP contribution in [0.15, 0.2) is 6.33 Å². The fourth-order valence-corrected chi connectivity index (χ4v) is 1.96. The molecule has 2 amide bonds. The first-order valence-corrected chi connectivity index (χ1v) is 6.38. The molecule has 108 valence electrons. The van der Waals surface area contributed by atoms with Crippen molar-refractivity contribution in [1.29, 1.82) is 0 Å². The number of methoxy groups -OCH3 is 1. The summed E-state index contributed by atoms with van der Waals surface area (Å²) in [5.41, 5.74) is 0. The van der Waals surface area contributed by atoms with E-state index in [4.69, 9.17) is 4.74 Å². The van der Waals surface area contributed by atoms with Gasteiger partial charge in [-0.15, -0.1) is 0 Å². The molecule has 0 bridgehead atoms. The van der Waals surface area contributed by atoms with E-state index in [1.165, 1.54) is 13.4 Å². The van der Waals surface area contributed by atoms with Crippen molar-refractivity contribution in [2.75, 3.05) is 24.3 Å². The normalized spacial score (nSPS) is 18.4. The van der Waals surface area contributed by atoms with Crippen LogP contribution in [-0.4, -0.2) is 41.5 Å². The van der Waals surface area contributed by atoms with Gasteiger partial charge in [0.1, 0.15) is 12.4 Å². The minimum Gasteiger partial charge on any atom is -0.490 e. The van der Waals surface area contributed by atoms with Crippen LogP contribution in [0.5, 0.6) is 5.75 Å². The molecule has 2 heterocycles. The van der Waals surface area contributed by atoms with E-state index in [-0.39, 0.29) is 11.8 Å². The van der Waals surface area contributed by atoms with Gasteiger partial charge in [0.15, 0.2) is 11.6 Å². The molecule has 1 aliphatic rings. The van der Waals surface area contributed by atoms with E-state index in [0.29, 0.717) is 36.8 Å². The molecule has 1 unspecified atom stereocenters. The topological polar surface area (TPSA) is 105 Å². The minimum absolute atomic E-state index is 0.254. The Morgan fingerprint density at radius 2 is 2.15 bits per heavy atom. The number of nitrogens with one attached hydrogen (secondary N) is 3. The van der Waals surface area contributed by atoms with E-state index in [9.17, 15) is 9.59 Å². The Morgan fingerprint density at radius 3 is 2.80 bits per heavy atom. The van der Waals surface area contributed by atoms with Gasteiger partial charge >= 0.3 is 0 Å². The van der Waals surface area contributed by atoms with Crippen LogP contribution in [0.1, 0.15) is 19.8 Å². The molecule has 1 fully saturated rings. The van der Waals surface area contributed by atoms with Gasteiger partial charge in [0.25, 0.3) is 0 Å². The van der Waals surface area contributed by atoms with Gasteiger partial charge in [-0.05, 0) is 13.3 Å². The highest BCUT2D eigenvalue weighted by Gasteiger charge is 2.28. The molecular weight excluding hydrogens is 262 g/mol. The second-order valence-corrected chi connectivity index (χ2v) is 4.28. The number of hydrogen-bond acceptors (Lipinski definition) is 7. The number of nitrogens with zero attached hydrogens (tertiary/aromatic N) is 2. The zero-order chi connectivity index (χ0) is 14.5. The van der Waals surface area contributed by atoms with Gasteiger partial charge in [0.2, 0.25) is 17.6 Å². The molecule has 1 aromatic heterocycles. The summed E-state index contributed by atoms with van der Waals surface area (Å²) in [5.74, 6) is 0.815. The molecule has 0 radical (unpaired) electrons. The third-order valence-electron chi connectivity index (χ3n) is 2.90.